The molecule has 1 aliphatic heterocycles. The Labute approximate surface area is 131 Å². The van der Waals surface area contributed by atoms with Crippen LogP contribution in [-0.4, -0.2) is 49.6 Å². The van der Waals surface area contributed by atoms with Crippen molar-refractivity contribution in [1.82, 2.24) is 4.31 Å². The number of aliphatic carboxylic acids is 1. The Morgan fingerprint density at radius 1 is 1.48 bits per heavy atom. The van der Waals surface area contributed by atoms with Gasteiger partial charge in [-0.1, -0.05) is 15.9 Å². The first-order chi connectivity index (χ1) is 9.77. The Balaban J connectivity index is 2.41. The van der Waals surface area contributed by atoms with Crippen LogP contribution < -0.4 is 0 Å². The molecule has 0 bridgehead atoms. The van der Waals surface area contributed by atoms with Gasteiger partial charge in [-0.25, -0.2) is 8.42 Å². The maximum absolute atomic E-state index is 12.7. The van der Waals surface area contributed by atoms with Crippen molar-refractivity contribution in [3.05, 3.63) is 28.2 Å². The number of methoxy groups -OCH3 is 1. The summed E-state index contributed by atoms with van der Waals surface area (Å²) in [7, 11) is -2.42. The molecule has 0 radical (unpaired) electrons. The number of aryl methyl sites for hydroxylation is 1. The van der Waals surface area contributed by atoms with E-state index < -0.39 is 28.1 Å². The average Bonchev–Trinajstić information content (AvgIpc) is 2.87. The third-order valence-electron chi connectivity index (χ3n) is 3.57. The molecular weight excluding hydrogens is 362 g/mol. The van der Waals surface area contributed by atoms with Gasteiger partial charge in [-0.15, -0.1) is 0 Å². The highest BCUT2D eigenvalue weighted by atomic mass is 79.9. The minimum atomic E-state index is -3.86. The van der Waals surface area contributed by atoms with E-state index in [0.29, 0.717) is 0 Å². The van der Waals surface area contributed by atoms with Crippen LogP contribution in [0.25, 0.3) is 0 Å². The standard InChI is InChI=1S/C13H16BrNO5S/c1-8-5-10(3-4-11(8)14)21(18,19)15-7-9(20-2)6-12(15)13(16)17/h3-5,9,12H,6-7H2,1-2H3,(H,16,17). The van der Waals surface area contributed by atoms with Crippen LogP contribution in [0.5, 0.6) is 0 Å². The zero-order valence-electron chi connectivity index (χ0n) is 11.6. The van der Waals surface area contributed by atoms with E-state index in [0.717, 1.165) is 14.3 Å². The zero-order chi connectivity index (χ0) is 15.8. The first-order valence-corrected chi connectivity index (χ1v) is 8.54. The van der Waals surface area contributed by atoms with Crippen LogP contribution in [0.15, 0.2) is 27.6 Å². The predicted molar refractivity (Wildman–Crippen MR) is 79.6 cm³/mol. The summed E-state index contributed by atoms with van der Waals surface area (Å²) >= 11 is 3.31. The van der Waals surface area contributed by atoms with Gasteiger partial charge < -0.3 is 9.84 Å². The van der Waals surface area contributed by atoms with Crippen molar-refractivity contribution in [2.75, 3.05) is 13.7 Å². The molecule has 1 saturated heterocycles. The molecule has 1 fully saturated rings. The summed E-state index contributed by atoms with van der Waals surface area (Å²) in [6.07, 6.45) is -0.252. The van der Waals surface area contributed by atoms with Gasteiger partial charge in [-0.3, -0.25) is 4.79 Å². The number of rotatable bonds is 4. The third-order valence-corrected chi connectivity index (χ3v) is 6.33. The van der Waals surface area contributed by atoms with E-state index in [1.165, 1.54) is 19.2 Å². The summed E-state index contributed by atoms with van der Waals surface area (Å²) in [5.74, 6) is -1.16. The Kier molecular flexibility index (Phi) is 4.72. The number of halogens is 1. The molecule has 0 aromatic heterocycles. The van der Waals surface area contributed by atoms with Crippen LogP contribution in [0, 0.1) is 6.92 Å². The maximum Gasteiger partial charge on any atom is 0.322 e. The van der Waals surface area contributed by atoms with E-state index in [-0.39, 0.29) is 17.9 Å². The first kappa shape index (κ1) is 16.4. The topological polar surface area (TPSA) is 83.9 Å². The van der Waals surface area contributed by atoms with E-state index in [1.807, 2.05) is 0 Å². The number of sulfonamides is 1. The predicted octanol–water partition coefficient (Wildman–Crippen LogP) is 1.62. The summed E-state index contributed by atoms with van der Waals surface area (Å²) < 4.78 is 32.3. The van der Waals surface area contributed by atoms with Crippen molar-refractivity contribution >= 4 is 31.9 Å². The van der Waals surface area contributed by atoms with Gasteiger partial charge in [0.1, 0.15) is 6.04 Å². The highest BCUT2D eigenvalue weighted by molar-refractivity contribution is 9.10. The van der Waals surface area contributed by atoms with Gasteiger partial charge in [0.2, 0.25) is 10.0 Å². The molecule has 2 rings (SSSR count). The molecule has 0 saturated carbocycles. The summed E-state index contributed by atoms with van der Waals surface area (Å²) in [6, 6.07) is 3.54. The van der Waals surface area contributed by atoms with E-state index in [4.69, 9.17) is 4.74 Å². The lowest BCUT2D eigenvalue weighted by molar-refractivity contribution is -0.140. The van der Waals surface area contributed by atoms with Crippen LogP contribution in [-0.2, 0) is 19.6 Å². The van der Waals surface area contributed by atoms with Crippen LogP contribution in [0.4, 0.5) is 0 Å². The minimum absolute atomic E-state index is 0.0465. The number of benzene rings is 1. The maximum atomic E-state index is 12.7. The lowest BCUT2D eigenvalue weighted by Crippen LogP contribution is -2.40. The fraction of sp³-hybridized carbons (Fsp3) is 0.462. The SMILES string of the molecule is COC1CC(C(=O)O)N(S(=O)(=O)c2ccc(Br)c(C)c2)C1. The quantitative estimate of drug-likeness (QED) is 0.861. The molecule has 2 unspecified atom stereocenters. The normalized spacial score (nSPS) is 23.4. The zero-order valence-corrected chi connectivity index (χ0v) is 14.0. The number of hydrogen-bond acceptors (Lipinski definition) is 4. The fourth-order valence-corrected chi connectivity index (χ4v) is 4.30. The second kappa shape index (κ2) is 6.04. The molecule has 0 aliphatic carbocycles. The van der Waals surface area contributed by atoms with Gasteiger partial charge in [-0.05, 0) is 30.7 Å². The van der Waals surface area contributed by atoms with Gasteiger partial charge in [-0.2, -0.15) is 4.31 Å². The Morgan fingerprint density at radius 3 is 2.67 bits per heavy atom. The molecule has 1 N–H and O–H groups in total. The summed E-state index contributed by atoms with van der Waals surface area (Å²) in [5.41, 5.74) is 0.769. The smallest absolute Gasteiger partial charge is 0.322 e. The molecule has 1 aliphatic rings. The molecular formula is C13H16BrNO5S. The molecule has 21 heavy (non-hydrogen) atoms. The number of carboxylic acid groups (broad SMARTS) is 1. The van der Waals surface area contributed by atoms with E-state index in [2.05, 4.69) is 15.9 Å². The van der Waals surface area contributed by atoms with Crippen molar-refractivity contribution in [2.24, 2.45) is 0 Å². The van der Waals surface area contributed by atoms with Gasteiger partial charge >= 0.3 is 5.97 Å². The van der Waals surface area contributed by atoms with E-state index in [1.54, 1.807) is 13.0 Å². The molecule has 116 valence electrons. The molecule has 0 spiro atoms. The van der Waals surface area contributed by atoms with Crippen LogP contribution in [0.2, 0.25) is 0 Å². The van der Waals surface area contributed by atoms with E-state index in [9.17, 15) is 18.3 Å². The van der Waals surface area contributed by atoms with Crippen molar-refractivity contribution in [1.29, 1.82) is 0 Å². The van der Waals surface area contributed by atoms with E-state index >= 15 is 0 Å². The average molecular weight is 378 g/mol. The molecule has 0 amide bonds. The second-order valence-corrected chi connectivity index (χ2v) is 7.68. The number of carboxylic acids is 1. The molecule has 8 heteroatoms. The number of ether oxygens (including phenoxy) is 1. The molecule has 1 aromatic carbocycles. The summed E-state index contributed by atoms with van der Waals surface area (Å²) in [4.78, 5) is 11.4. The summed E-state index contributed by atoms with van der Waals surface area (Å²) in [6.45, 7) is 1.82. The second-order valence-electron chi connectivity index (χ2n) is 4.93. The fourth-order valence-electron chi connectivity index (χ4n) is 2.34. The van der Waals surface area contributed by atoms with Gasteiger partial charge in [0.15, 0.2) is 0 Å². The molecule has 2 atom stereocenters. The highest BCUT2D eigenvalue weighted by Gasteiger charge is 2.44. The highest BCUT2D eigenvalue weighted by Crippen LogP contribution is 2.29. The molecule has 1 heterocycles. The van der Waals surface area contributed by atoms with Crippen LogP contribution >= 0.6 is 15.9 Å². The minimum Gasteiger partial charge on any atom is -0.480 e. The number of nitrogens with zero attached hydrogens (tertiary/aromatic N) is 1. The first-order valence-electron chi connectivity index (χ1n) is 6.31. The molecule has 6 nitrogen and oxygen atoms in total. The van der Waals surface area contributed by atoms with Crippen LogP contribution in [0.3, 0.4) is 0 Å². The third kappa shape index (κ3) is 3.13. The monoisotopic (exact) mass is 377 g/mol. The lowest BCUT2D eigenvalue weighted by Gasteiger charge is -2.21. The van der Waals surface area contributed by atoms with Crippen molar-refractivity contribution < 1.29 is 23.1 Å². The van der Waals surface area contributed by atoms with Crippen LogP contribution in [0.1, 0.15) is 12.0 Å². The van der Waals surface area contributed by atoms with Crippen molar-refractivity contribution in [3.8, 4) is 0 Å². The Hall–Kier alpha value is -0.960. The van der Waals surface area contributed by atoms with Crippen molar-refractivity contribution in [2.45, 2.75) is 30.4 Å². The summed E-state index contributed by atoms with van der Waals surface area (Å²) in [5, 5.41) is 9.24. The lowest BCUT2D eigenvalue weighted by atomic mass is 10.2. The van der Waals surface area contributed by atoms with Gasteiger partial charge in [0.05, 0.1) is 11.0 Å². The largest absolute Gasteiger partial charge is 0.480 e. The van der Waals surface area contributed by atoms with Crippen molar-refractivity contribution in [3.63, 3.8) is 0 Å². The van der Waals surface area contributed by atoms with Gasteiger partial charge in [0, 0.05) is 24.5 Å². The Morgan fingerprint density at radius 2 is 2.14 bits per heavy atom. The molecule has 1 aromatic rings. The Bertz CT molecular complexity index is 661. The number of carbonyl (C=O) groups is 1. The number of hydrogen-bond donors (Lipinski definition) is 1. The van der Waals surface area contributed by atoms with Gasteiger partial charge in [0.25, 0.3) is 0 Å².